The van der Waals surface area contributed by atoms with Crippen LogP contribution in [0.3, 0.4) is 0 Å². The molecule has 8 heteroatoms. The quantitative estimate of drug-likeness (QED) is 0.381. The number of pyridine rings is 1. The van der Waals surface area contributed by atoms with Gasteiger partial charge in [-0.25, -0.2) is 9.97 Å². The van der Waals surface area contributed by atoms with E-state index in [1.165, 1.54) is 17.7 Å². The van der Waals surface area contributed by atoms with Gasteiger partial charge in [0.05, 0.1) is 12.1 Å². The molecule has 7 nitrogen and oxygen atoms in total. The van der Waals surface area contributed by atoms with Crippen molar-refractivity contribution in [3.05, 3.63) is 64.7 Å². The second kappa shape index (κ2) is 12.6. The number of hydrogen-bond donors (Lipinski definition) is 3. The maximum absolute atomic E-state index is 11.7. The Morgan fingerprint density at radius 1 is 1.24 bits per heavy atom. The van der Waals surface area contributed by atoms with Crippen LogP contribution in [0.5, 0.6) is 0 Å². The molecule has 0 bridgehead atoms. The van der Waals surface area contributed by atoms with Crippen LogP contribution >= 0.6 is 0 Å². The number of aliphatic carboxylic acids is 1. The second-order valence-electron chi connectivity index (χ2n) is 10.5. The third-order valence-electron chi connectivity index (χ3n) is 7.66. The molecule has 3 N–H and O–H groups in total. The number of carbonyl (C=O) groups is 1. The van der Waals surface area contributed by atoms with E-state index in [1.54, 1.807) is 0 Å². The second-order valence-corrected chi connectivity index (χ2v) is 10.5. The van der Waals surface area contributed by atoms with Gasteiger partial charge >= 0.3 is 35.5 Å². The van der Waals surface area contributed by atoms with Gasteiger partial charge in [0.1, 0.15) is 11.6 Å². The topological polar surface area (TPSA) is 94.1 Å². The molecule has 0 saturated carbocycles. The summed E-state index contributed by atoms with van der Waals surface area (Å²) in [6, 6.07) is 12.7. The zero-order valence-electron chi connectivity index (χ0n) is 23.4. The van der Waals surface area contributed by atoms with Crippen molar-refractivity contribution < 1.29 is 40.9 Å². The third kappa shape index (κ3) is 7.02. The average Bonchev–Trinajstić information content (AvgIpc) is 3.47. The van der Waals surface area contributed by atoms with Gasteiger partial charge in [0.25, 0.3) is 0 Å². The van der Waals surface area contributed by atoms with Crippen molar-refractivity contribution in [1.29, 1.82) is 0 Å². The van der Waals surface area contributed by atoms with Crippen LogP contribution in [0.2, 0.25) is 0 Å². The van der Waals surface area contributed by atoms with Crippen LogP contribution in [0.25, 0.3) is 11.3 Å². The van der Waals surface area contributed by atoms with Gasteiger partial charge in [-0.15, -0.1) is 0 Å². The molecule has 4 heterocycles. The number of aromatic nitrogens is 3. The first kappa shape index (κ1) is 27.8. The molecule has 1 aromatic carbocycles. The number of aromatic amines is 1. The van der Waals surface area contributed by atoms with Crippen LogP contribution in [-0.4, -0.2) is 57.1 Å². The number of carboxylic acid groups (broad SMARTS) is 1. The predicted octanol–water partition coefficient (Wildman–Crippen LogP) is 2.08. The molecule has 2 unspecified atom stereocenters. The van der Waals surface area contributed by atoms with Crippen molar-refractivity contribution in [1.82, 2.24) is 19.9 Å². The van der Waals surface area contributed by atoms with Gasteiger partial charge in [0.15, 0.2) is 0 Å². The Bertz CT molecular complexity index is 1230. The first-order valence-corrected chi connectivity index (χ1v) is 13.2. The number of hydrogen-bond acceptors (Lipinski definition) is 5. The first-order valence-electron chi connectivity index (χ1n) is 13.2. The summed E-state index contributed by atoms with van der Waals surface area (Å²) in [5.41, 5.74) is 6.59. The molecule has 1 fully saturated rings. The van der Waals surface area contributed by atoms with E-state index in [9.17, 15) is 9.90 Å². The summed E-state index contributed by atoms with van der Waals surface area (Å²) in [6.07, 6.45) is 5.72. The number of anilines is 1. The van der Waals surface area contributed by atoms with E-state index >= 15 is 0 Å². The fourth-order valence-corrected chi connectivity index (χ4v) is 5.82. The van der Waals surface area contributed by atoms with Crippen molar-refractivity contribution in [2.24, 2.45) is 5.92 Å². The summed E-state index contributed by atoms with van der Waals surface area (Å²) >= 11 is 0. The normalized spacial score (nSPS) is 18.1. The summed E-state index contributed by atoms with van der Waals surface area (Å²) in [4.78, 5) is 27.0. The summed E-state index contributed by atoms with van der Waals surface area (Å²) in [7, 11) is 0. The maximum atomic E-state index is 11.7. The molecule has 37 heavy (non-hydrogen) atoms. The molecule has 0 radical (unpaired) electrons. The molecule has 192 valence electrons. The molecule has 0 amide bonds. The van der Waals surface area contributed by atoms with Gasteiger partial charge in [0.2, 0.25) is 0 Å². The standard InChI is InChI=1S/C29H37N5O2.Na.H/c1-19-28(32-20(2)31-19)24-6-3-5-23(15-24)25(16-27(35)36)18-34-14-12-21(17-34)8-10-26-11-9-22-7-4-13-30-29(22)33-26;;/h3,5-6,9,11,15,21,25H,4,7-8,10,12-14,16-18H2,1-2H3,(H,30,33)(H,31,32)(H,35,36);;/q;+1;-1. The fourth-order valence-electron chi connectivity index (χ4n) is 5.82. The predicted molar refractivity (Wildman–Crippen MR) is 144 cm³/mol. The van der Waals surface area contributed by atoms with Gasteiger partial charge in [0, 0.05) is 42.5 Å². The molecule has 2 aromatic heterocycles. The number of nitrogens with one attached hydrogen (secondary N) is 2. The number of likely N-dealkylation sites (tertiary alicyclic amines) is 1. The average molecular weight is 512 g/mol. The van der Waals surface area contributed by atoms with Crippen molar-refractivity contribution in [2.45, 2.75) is 58.3 Å². The van der Waals surface area contributed by atoms with E-state index in [0.717, 1.165) is 86.0 Å². The minimum Gasteiger partial charge on any atom is -1.00 e. The molecule has 3 aromatic rings. The van der Waals surface area contributed by atoms with E-state index in [-0.39, 0.29) is 43.3 Å². The van der Waals surface area contributed by atoms with E-state index in [0.29, 0.717) is 5.92 Å². The number of rotatable bonds is 9. The molecule has 0 spiro atoms. The number of nitrogens with zero attached hydrogens (tertiary/aromatic N) is 3. The Kier molecular flexibility index (Phi) is 9.46. The van der Waals surface area contributed by atoms with Gasteiger partial charge in [-0.3, -0.25) is 4.79 Å². The monoisotopic (exact) mass is 511 g/mol. The minimum atomic E-state index is -0.750. The van der Waals surface area contributed by atoms with Gasteiger partial charge in [-0.2, -0.15) is 0 Å². The van der Waals surface area contributed by atoms with E-state index in [4.69, 9.17) is 4.98 Å². The maximum Gasteiger partial charge on any atom is 1.00 e. The Morgan fingerprint density at radius 2 is 2.11 bits per heavy atom. The summed E-state index contributed by atoms with van der Waals surface area (Å²) in [6.45, 7) is 7.81. The Hall–Kier alpha value is -2.19. The molecule has 2 atom stereocenters. The number of carboxylic acids is 1. The largest absolute Gasteiger partial charge is 1.00 e. The molecular formula is C29H38N5NaO2. The fraction of sp³-hybridized carbons (Fsp3) is 0.483. The molecule has 1 saturated heterocycles. The van der Waals surface area contributed by atoms with Gasteiger partial charge in [-0.05, 0) is 81.7 Å². The van der Waals surface area contributed by atoms with Crippen LogP contribution in [0.1, 0.15) is 61.4 Å². The number of fused-ring (bicyclic) bond motifs is 1. The van der Waals surface area contributed by atoms with E-state index in [2.05, 4.69) is 50.5 Å². The van der Waals surface area contributed by atoms with Crippen LogP contribution < -0.4 is 34.9 Å². The molecule has 2 aliphatic heterocycles. The smallest absolute Gasteiger partial charge is 1.00 e. The van der Waals surface area contributed by atoms with Crippen molar-refractivity contribution >= 4 is 11.8 Å². The van der Waals surface area contributed by atoms with Crippen LogP contribution in [0.15, 0.2) is 36.4 Å². The summed E-state index contributed by atoms with van der Waals surface area (Å²) < 4.78 is 0. The molecule has 2 aliphatic rings. The zero-order chi connectivity index (χ0) is 25.1. The Balaban J connectivity index is 0.00000200. The first-order chi connectivity index (χ1) is 17.4. The zero-order valence-corrected chi connectivity index (χ0v) is 24.4. The number of H-pyrrole nitrogens is 1. The summed E-state index contributed by atoms with van der Waals surface area (Å²) in [5.74, 6) is 1.79. The van der Waals surface area contributed by atoms with Crippen LogP contribution in [0, 0.1) is 19.8 Å². The van der Waals surface area contributed by atoms with Crippen LogP contribution in [-0.2, 0) is 17.6 Å². The van der Waals surface area contributed by atoms with Crippen molar-refractivity contribution in [2.75, 3.05) is 31.5 Å². The SMILES string of the molecule is Cc1nc(-c2cccc(C(CC(=O)O)CN3CCC(CCc4ccc5c(n4)NCCC5)C3)c2)c(C)[nH]1.[H-].[Na+]. The number of imidazole rings is 1. The number of benzene rings is 1. The minimum absolute atomic E-state index is 0. The van der Waals surface area contributed by atoms with Gasteiger partial charge < -0.3 is 21.7 Å². The van der Waals surface area contributed by atoms with E-state index in [1.807, 2.05) is 19.9 Å². The molecule has 0 aliphatic carbocycles. The van der Waals surface area contributed by atoms with Gasteiger partial charge in [-0.1, -0.05) is 24.3 Å². The van der Waals surface area contributed by atoms with Crippen molar-refractivity contribution in [3.8, 4) is 11.3 Å². The Morgan fingerprint density at radius 3 is 2.89 bits per heavy atom. The number of aryl methyl sites for hydroxylation is 4. The van der Waals surface area contributed by atoms with E-state index < -0.39 is 5.97 Å². The molecular weight excluding hydrogens is 473 g/mol. The molecule has 5 rings (SSSR count). The summed E-state index contributed by atoms with van der Waals surface area (Å²) in [5, 5.41) is 13.1. The Labute approximate surface area is 243 Å². The van der Waals surface area contributed by atoms with Crippen LogP contribution in [0.4, 0.5) is 5.82 Å². The third-order valence-corrected chi connectivity index (χ3v) is 7.66. The van der Waals surface area contributed by atoms with Crippen molar-refractivity contribution in [3.63, 3.8) is 0 Å².